The second-order valence-corrected chi connectivity index (χ2v) is 5.52. The van der Waals surface area contributed by atoms with Crippen LogP contribution in [0.3, 0.4) is 0 Å². The minimum atomic E-state index is -0.730. The van der Waals surface area contributed by atoms with Gasteiger partial charge in [0, 0.05) is 9.99 Å². The molecule has 2 aromatic carbocycles. The van der Waals surface area contributed by atoms with Crippen LogP contribution in [-0.4, -0.2) is 5.11 Å². The van der Waals surface area contributed by atoms with Crippen molar-refractivity contribution in [2.75, 3.05) is 0 Å². The van der Waals surface area contributed by atoms with Gasteiger partial charge in [0.25, 0.3) is 0 Å². The molecule has 0 aliphatic carbocycles. The highest BCUT2D eigenvalue weighted by Gasteiger charge is 2.15. The molecule has 0 saturated carbocycles. The Morgan fingerprint density at radius 2 is 1.89 bits per heavy atom. The number of aliphatic hydroxyl groups is 1. The zero-order chi connectivity index (χ0) is 13.1. The summed E-state index contributed by atoms with van der Waals surface area (Å²) in [6.07, 6.45) is -0.516. The maximum absolute atomic E-state index is 13.7. The monoisotopic (exact) mass is 376 g/mol. The molecule has 0 fully saturated rings. The third-order valence-electron chi connectivity index (χ3n) is 2.71. The summed E-state index contributed by atoms with van der Waals surface area (Å²) < 4.78 is 14.7. The third kappa shape index (κ3) is 3.02. The molecule has 1 unspecified atom stereocenters. The van der Waals surface area contributed by atoms with Gasteiger partial charge in [0.05, 0.1) is 11.1 Å². The van der Waals surface area contributed by atoms with Crippen LogP contribution < -0.4 is 0 Å². The first-order chi connectivity index (χ1) is 8.59. The molecule has 0 radical (unpaired) electrons. The van der Waals surface area contributed by atoms with Gasteiger partial charge in [0.15, 0.2) is 0 Å². The Labute approximate surface area is 124 Å². The Balaban J connectivity index is 2.24. The van der Waals surface area contributed by atoms with Crippen molar-refractivity contribution in [3.05, 3.63) is 68.0 Å². The van der Waals surface area contributed by atoms with Crippen molar-refractivity contribution in [3.63, 3.8) is 0 Å². The maximum atomic E-state index is 13.7. The van der Waals surface area contributed by atoms with Crippen LogP contribution in [0.1, 0.15) is 17.2 Å². The molecule has 4 heteroatoms. The molecule has 94 valence electrons. The lowest BCUT2D eigenvalue weighted by Crippen LogP contribution is -2.05. The van der Waals surface area contributed by atoms with E-state index in [1.807, 2.05) is 24.3 Å². The van der Waals surface area contributed by atoms with Crippen molar-refractivity contribution >= 4 is 34.2 Å². The van der Waals surface area contributed by atoms with Gasteiger partial charge in [-0.05, 0) is 45.9 Å². The first-order valence-corrected chi connectivity index (χ1v) is 6.90. The molecule has 0 aromatic heterocycles. The van der Waals surface area contributed by atoms with Crippen molar-refractivity contribution in [1.29, 1.82) is 0 Å². The van der Waals surface area contributed by atoms with E-state index >= 15 is 0 Å². The number of rotatable bonds is 3. The van der Waals surface area contributed by atoms with Crippen LogP contribution in [0.25, 0.3) is 0 Å². The SMILES string of the molecule is OC(Cc1cccc(Cl)c1F)c1ccccc1I. The zero-order valence-corrected chi connectivity index (χ0v) is 12.3. The molecule has 0 spiro atoms. The van der Waals surface area contributed by atoms with Gasteiger partial charge in [-0.3, -0.25) is 0 Å². The van der Waals surface area contributed by atoms with Crippen molar-refractivity contribution in [2.24, 2.45) is 0 Å². The summed E-state index contributed by atoms with van der Waals surface area (Å²) >= 11 is 7.87. The molecule has 1 N–H and O–H groups in total. The minimum Gasteiger partial charge on any atom is -0.388 e. The lowest BCUT2D eigenvalue weighted by atomic mass is 10.0. The van der Waals surface area contributed by atoms with E-state index < -0.39 is 11.9 Å². The summed E-state index contributed by atoms with van der Waals surface area (Å²) in [4.78, 5) is 0. The van der Waals surface area contributed by atoms with E-state index in [1.54, 1.807) is 12.1 Å². The molecular weight excluding hydrogens is 366 g/mol. The molecule has 0 aliphatic heterocycles. The maximum Gasteiger partial charge on any atom is 0.145 e. The highest BCUT2D eigenvalue weighted by Crippen LogP contribution is 2.26. The third-order valence-corrected chi connectivity index (χ3v) is 3.98. The molecule has 1 atom stereocenters. The number of hydrogen-bond acceptors (Lipinski definition) is 1. The van der Waals surface area contributed by atoms with Crippen LogP contribution in [-0.2, 0) is 6.42 Å². The van der Waals surface area contributed by atoms with Crippen LogP contribution in [0.5, 0.6) is 0 Å². The molecule has 2 aromatic rings. The second-order valence-electron chi connectivity index (χ2n) is 3.95. The fourth-order valence-corrected chi connectivity index (χ4v) is 2.71. The number of halogens is 3. The van der Waals surface area contributed by atoms with Gasteiger partial charge in [-0.25, -0.2) is 4.39 Å². The first kappa shape index (κ1) is 13.8. The summed E-state index contributed by atoms with van der Waals surface area (Å²) in [6, 6.07) is 12.3. The largest absolute Gasteiger partial charge is 0.388 e. The fourth-order valence-electron chi connectivity index (χ4n) is 1.77. The standard InChI is InChI=1S/C14H11ClFIO/c15-11-6-3-4-9(14(11)16)8-13(18)10-5-1-2-7-12(10)17/h1-7,13,18H,8H2. The molecular formula is C14H11ClFIO. The van der Waals surface area contributed by atoms with E-state index in [0.717, 1.165) is 9.13 Å². The molecule has 2 rings (SSSR count). The molecule has 0 saturated heterocycles. The Bertz CT molecular complexity index is 559. The predicted molar refractivity (Wildman–Crippen MR) is 79.2 cm³/mol. The van der Waals surface area contributed by atoms with E-state index in [2.05, 4.69) is 22.6 Å². The highest BCUT2D eigenvalue weighted by atomic mass is 127. The second kappa shape index (κ2) is 5.99. The quantitative estimate of drug-likeness (QED) is 0.789. The number of benzene rings is 2. The molecule has 0 heterocycles. The molecule has 0 aliphatic rings. The van der Waals surface area contributed by atoms with Crippen LogP contribution in [0.2, 0.25) is 5.02 Å². The Morgan fingerprint density at radius 1 is 1.17 bits per heavy atom. The normalized spacial score (nSPS) is 12.4. The first-order valence-electron chi connectivity index (χ1n) is 5.45. The average molecular weight is 377 g/mol. The van der Waals surface area contributed by atoms with Gasteiger partial charge in [0.2, 0.25) is 0 Å². The van der Waals surface area contributed by atoms with Crippen LogP contribution in [0.4, 0.5) is 4.39 Å². The smallest absolute Gasteiger partial charge is 0.145 e. The lowest BCUT2D eigenvalue weighted by Gasteiger charge is -2.13. The van der Waals surface area contributed by atoms with Gasteiger partial charge in [-0.15, -0.1) is 0 Å². The van der Waals surface area contributed by atoms with E-state index in [-0.39, 0.29) is 11.4 Å². The summed E-state index contributed by atoms with van der Waals surface area (Å²) in [7, 11) is 0. The molecule has 0 bridgehead atoms. The van der Waals surface area contributed by atoms with Crippen molar-refractivity contribution in [3.8, 4) is 0 Å². The summed E-state index contributed by atoms with van der Waals surface area (Å²) in [5.41, 5.74) is 1.23. The number of aliphatic hydroxyl groups excluding tert-OH is 1. The van der Waals surface area contributed by atoms with Gasteiger partial charge in [-0.2, -0.15) is 0 Å². The fraction of sp³-hybridized carbons (Fsp3) is 0.143. The van der Waals surface area contributed by atoms with Crippen molar-refractivity contribution in [1.82, 2.24) is 0 Å². The van der Waals surface area contributed by atoms with Crippen LogP contribution >= 0.6 is 34.2 Å². The van der Waals surface area contributed by atoms with Gasteiger partial charge < -0.3 is 5.11 Å². The van der Waals surface area contributed by atoms with Gasteiger partial charge >= 0.3 is 0 Å². The average Bonchev–Trinajstić information content (AvgIpc) is 2.35. The van der Waals surface area contributed by atoms with Crippen molar-refractivity contribution < 1.29 is 9.50 Å². The minimum absolute atomic E-state index is 0.0856. The van der Waals surface area contributed by atoms with Crippen LogP contribution in [0.15, 0.2) is 42.5 Å². The Hall–Kier alpha value is -0.650. The van der Waals surface area contributed by atoms with E-state index in [4.69, 9.17) is 11.6 Å². The summed E-state index contributed by atoms with van der Waals surface area (Å²) in [5, 5.41) is 10.2. The number of hydrogen-bond donors (Lipinski definition) is 1. The summed E-state index contributed by atoms with van der Waals surface area (Å²) in [5.74, 6) is -0.454. The Morgan fingerprint density at radius 3 is 2.61 bits per heavy atom. The van der Waals surface area contributed by atoms with Gasteiger partial charge in [0.1, 0.15) is 5.82 Å². The Kier molecular flexibility index (Phi) is 4.59. The lowest BCUT2D eigenvalue weighted by molar-refractivity contribution is 0.176. The van der Waals surface area contributed by atoms with E-state index in [1.165, 1.54) is 6.07 Å². The summed E-state index contributed by atoms with van der Waals surface area (Å²) in [6.45, 7) is 0. The molecule has 0 amide bonds. The molecule has 18 heavy (non-hydrogen) atoms. The molecule has 1 nitrogen and oxygen atoms in total. The van der Waals surface area contributed by atoms with E-state index in [9.17, 15) is 9.50 Å². The van der Waals surface area contributed by atoms with E-state index in [0.29, 0.717) is 5.56 Å². The predicted octanol–water partition coefficient (Wildman–Crippen LogP) is 4.36. The van der Waals surface area contributed by atoms with Crippen LogP contribution in [0, 0.1) is 9.39 Å². The highest BCUT2D eigenvalue weighted by molar-refractivity contribution is 14.1. The van der Waals surface area contributed by atoms with Gasteiger partial charge in [-0.1, -0.05) is 41.9 Å². The zero-order valence-electron chi connectivity index (χ0n) is 9.41. The topological polar surface area (TPSA) is 20.2 Å². The van der Waals surface area contributed by atoms with Crippen molar-refractivity contribution in [2.45, 2.75) is 12.5 Å².